The van der Waals surface area contributed by atoms with Gasteiger partial charge in [-0.25, -0.2) is 9.78 Å². The summed E-state index contributed by atoms with van der Waals surface area (Å²) in [4.78, 5) is 23.0. The van der Waals surface area contributed by atoms with E-state index < -0.39 is 12.1 Å². The van der Waals surface area contributed by atoms with Crippen molar-refractivity contribution >= 4 is 16.9 Å². The maximum atomic E-state index is 12.3. The number of methoxy groups -OCH3 is 1. The second-order valence-electron chi connectivity index (χ2n) is 8.27. The van der Waals surface area contributed by atoms with E-state index in [1.54, 1.807) is 4.73 Å². The molecule has 5 rings (SSSR count). The lowest BCUT2D eigenvalue weighted by atomic mass is 10.1. The fraction of sp³-hybridized carbons (Fsp3) is 0.172. The van der Waals surface area contributed by atoms with E-state index in [2.05, 4.69) is 4.98 Å². The predicted octanol–water partition coefficient (Wildman–Crippen LogP) is 5.57. The molecule has 0 bridgehead atoms. The Hall–Kier alpha value is -4.52. The van der Waals surface area contributed by atoms with E-state index in [9.17, 15) is 4.79 Å². The number of fused-ring (bicyclic) bond motifs is 1. The van der Waals surface area contributed by atoms with E-state index in [0.29, 0.717) is 24.7 Å². The minimum absolute atomic E-state index is 0.433. The van der Waals surface area contributed by atoms with Crippen molar-refractivity contribution in [2.24, 2.45) is 0 Å². The molecule has 0 aliphatic heterocycles. The van der Waals surface area contributed by atoms with Gasteiger partial charge in [-0.05, 0) is 43.3 Å². The van der Waals surface area contributed by atoms with Gasteiger partial charge in [0.05, 0.1) is 18.3 Å². The number of nitrogens with zero attached hydrogens (tertiary/aromatic N) is 2. The molecule has 1 atom stereocenters. The van der Waals surface area contributed by atoms with Gasteiger partial charge in [-0.15, -0.1) is 0 Å². The Morgan fingerprint density at radius 1 is 1.00 bits per heavy atom. The molecule has 7 nitrogen and oxygen atoms in total. The molecule has 0 N–H and O–H groups in total. The number of esters is 1. The van der Waals surface area contributed by atoms with Crippen molar-refractivity contribution in [2.45, 2.75) is 19.4 Å². The summed E-state index contributed by atoms with van der Waals surface area (Å²) in [6.45, 7) is 2.35. The number of oxazole rings is 1. The van der Waals surface area contributed by atoms with Crippen molar-refractivity contribution in [1.29, 1.82) is 0 Å². The van der Waals surface area contributed by atoms with Crippen molar-refractivity contribution in [1.82, 2.24) is 9.71 Å². The van der Waals surface area contributed by atoms with Crippen LogP contribution in [-0.4, -0.2) is 29.4 Å². The van der Waals surface area contributed by atoms with Crippen molar-refractivity contribution in [2.75, 3.05) is 13.7 Å². The van der Waals surface area contributed by atoms with Crippen LogP contribution < -0.4 is 9.57 Å². The van der Waals surface area contributed by atoms with Gasteiger partial charge in [0.1, 0.15) is 18.1 Å². The summed E-state index contributed by atoms with van der Waals surface area (Å²) in [5.41, 5.74) is 3.43. The monoisotopic (exact) mass is 482 g/mol. The third-order valence-corrected chi connectivity index (χ3v) is 5.88. The summed E-state index contributed by atoms with van der Waals surface area (Å²) in [5, 5.41) is 0.924. The lowest BCUT2D eigenvalue weighted by Gasteiger charge is -2.17. The number of aryl methyl sites for hydroxylation is 1. The quantitative estimate of drug-likeness (QED) is 0.256. The van der Waals surface area contributed by atoms with E-state index in [1.807, 2.05) is 98.0 Å². The SMILES string of the molecule is COC(=O)C(Oc1ccc2c(ccn2OCCc2nc(-c3ccccc3)oc2C)c1)c1ccccc1. The van der Waals surface area contributed by atoms with Crippen LogP contribution in [0.2, 0.25) is 0 Å². The third-order valence-electron chi connectivity index (χ3n) is 5.88. The van der Waals surface area contributed by atoms with Crippen molar-refractivity contribution in [3.05, 3.63) is 108 Å². The number of aromatic nitrogens is 2. The lowest BCUT2D eigenvalue weighted by molar-refractivity contribution is -0.149. The topological polar surface area (TPSA) is 75.7 Å². The maximum Gasteiger partial charge on any atom is 0.351 e. The molecule has 3 aromatic carbocycles. The smallest absolute Gasteiger partial charge is 0.351 e. The Labute approximate surface area is 208 Å². The summed E-state index contributed by atoms with van der Waals surface area (Å²) < 4.78 is 18.5. The molecule has 1 unspecified atom stereocenters. The number of hydrogen-bond donors (Lipinski definition) is 0. The van der Waals surface area contributed by atoms with Gasteiger partial charge in [0.25, 0.3) is 0 Å². The molecule has 182 valence electrons. The molecule has 0 amide bonds. The van der Waals surface area contributed by atoms with Gasteiger partial charge in [0.2, 0.25) is 12.0 Å². The molecule has 2 aromatic heterocycles. The first kappa shape index (κ1) is 23.2. The van der Waals surface area contributed by atoms with Crippen LogP contribution in [0.3, 0.4) is 0 Å². The lowest BCUT2D eigenvalue weighted by Crippen LogP contribution is -2.20. The molecule has 0 aliphatic carbocycles. The molecule has 0 fully saturated rings. The molecular weight excluding hydrogens is 456 g/mol. The van der Waals surface area contributed by atoms with Gasteiger partial charge in [0.15, 0.2) is 0 Å². The van der Waals surface area contributed by atoms with E-state index in [0.717, 1.165) is 33.5 Å². The van der Waals surface area contributed by atoms with Crippen LogP contribution in [0.5, 0.6) is 5.75 Å². The van der Waals surface area contributed by atoms with Gasteiger partial charge < -0.3 is 18.7 Å². The zero-order valence-corrected chi connectivity index (χ0v) is 20.1. The summed E-state index contributed by atoms with van der Waals surface area (Å²) >= 11 is 0. The van der Waals surface area contributed by atoms with Crippen molar-refractivity contribution in [3.63, 3.8) is 0 Å². The van der Waals surface area contributed by atoms with E-state index in [4.69, 9.17) is 18.7 Å². The van der Waals surface area contributed by atoms with Crippen LogP contribution in [0.15, 0.2) is 95.5 Å². The maximum absolute atomic E-state index is 12.3. The Morgan fingerprint density at radius 3 is 2.50 bits per heavy atom. The highest BCUT2D eigenvalue weighted by atomic mass is 16.7. The zero-order chi connectivity index (χ0) is 24.9. The summed E-state index contributed by atoms with van der Waals surface area (Å²) in [6.07, 6.45) is 1.62. The highest BCUT2D eigenvalue weighted by Gasteiger charge is 2.23. The number of hydrogen-bond acceptors (Lipinski definition) is 6. The fourth-order valence-corrected chi connectivity index (χ4v) is 4.01. The van der Waals surface area contributed by atoms with Gasteiger partial charge in [-0.1, -0.05) is 48.5 Å². The Bertz CT molecular complexity index is 1460. The minimum Gasteiger partial charge on any atom is -0.474 e. The second-order valence-corrected chi connectivity index (χ2v) is 8.27. The molecule has 0 spiro atoms. The van der Waals surface area contributed by atoms with Crippen molar-refractivity contribution in [3.8, 4) is 17.2 Å². The first-order chi connectivity index (χ1) is 17.6. The molecule has 0 saturated carbocycles. The molecule has 36 heavy (non-hydrogen) atoms. The van der Waals surface area contributed by atoms with Gasteiger partial charge in [-0.2, -0.15) is 4.73 Å². The number of carbonyl (C=O) groups is 1. The van der Waals surface area contributed by atoms with Crippen LogP contribution >= 0.6 is 0 Å². The molecule has 5 aromatic rings. The van der Waals surface area contributed by atoms with Crippen LogP contribution in [-0.2, 0) is 16.0 Å². The molecule has 0 radical (unpaired) electrons. The number of rotatable bonds is 9. The average Bonchev–Trinajstić information content (AvgIpc) is 3.50. The van der Waals surface area contributed by atoms with Crippen LogP contribution in [0.1, 0.15) is 23.1 Å². The third kappa shape index (κ3) is 4.95. The Morgan fingerprint density at radius 2 is 1.75 bits per heavy atom. The van der Waals surface area contributed by atoms with Gasteiger partial charge >= 0.3 is 5.97 Å². The molecule has 0 aliphatic rings. The van der Waals surface area contributed by atoms with Crippen LogP contribution in [0, 0.1) is 6.92 Å². The molecular formula is C29H26N2O5. The van der Waals surface area contributed by atoms with Crippen LogP contribution in [0.4, 0.5) is 0 Å². The highest BCUT2D eigenvalue weighted by molar-refractivity contribution is 5.82. The first-order valence-electron chi connectivity index (χ1n) is 11.7. The minimum atomic E-state index is -0.849. The van der Waals surface area contributed by atoms with E-state index >= 15 is 0 Å². The van der Waals surface area contributed by atoms with Gasteiger partial charge in [0, 0.05) is 29.1 Å². The molecule has 2 heterocycles. The molecule has 7 heteroatoms. The fourth-order valence-electron chi connectivity index (χ4n) is 4.01. The largest absolute Gasteiger partial charge is 0.474 e. The molecule has 0 saturated heterocycles. The Balaban J connectivity index is 1.26. The van der Waals surface area contributed by atoms with Crippen molar-refractivity contribution < 1.29 is 23.5 Å². The summed E-state index contributed by atoms with van der Waals surface area (Å²) in [6, 6.07) is 26.6. The number of ether oxygens (including phenoxy) is 2. The first-order valence-corrected chi connectivity index (χ1v) is 11.7. The number of benzene rings is 3. The van der Waals surface area contributed by atoms with E-state index in [1.165, 1.54) is 7.11 Å². The second kappa shape index (κ2) is 10.4. The van der Waals surface area contributed by atoms with E-state index in [-0.39, 0.29) is 0 Å². The normalized spacial score (nSPS) is 11.8. The zero-order valence-electron chi connectivity index (χ0n) is 20.1. The predicted molar refractivity (Wildman–Crippen MR) is 136 cm³/mol. The summed E-state index contributed by atoms with van der Waals surface area (Å²) in [7, 11) is 1.35. The number of carbonyl (C=O) groups excluding carboxylic acids is 1. The summed E-state index contributed by atoms with van der Waals surface area (Å²) in [5.74, 6) is 1.50. The Kier molecular flexibility index (Phi) is 6.71. The standard InChI is InChI=1S/C29H26N2O5/c1-20-25(30-28(35-20)22-11-7-4-8-12-22)16-18-34-31-17-15-23-19-24(13-14-26(23)31)36-27(29(32)33-2)21-9-5-3-6-10-21/h3-15,17,19,27H,16,18H2,1-2H3. The van der Waals surface area contributed by atoms with Crippen LogP contribution in [0.25, 0.3) is 22.4 Å². The highest BCUT2D eigenvalue weighted by Crippen LogP contribution is 2.27. The average molecular weight is 483 g/mol. The van der Waals surface area contributed by atoms with Gasteiger partial charge in [-0.3, -0.25) is 0 Å².